The summed E-state index contributed by atoms with van der Waals surface area (Å²) >= 11 is 0. The number of carboxylic acids is 1. The smallest absolute Gasteiger partial charge is 0.338 e. The molecule has 1 aromatic carbocycles. The second-order valence-corrected chi connectivity index (χ2v) is 7.14. The lowest BCUT2D eigenvalue weighted by molar-refractivity contribution is 0.0687. The topological polar surface area (TPSA) is 93.2 Å². The maximum Gasteiger partial charge on any atom is 0.338 e. The number of likely N-dealkylation sites (tertiary alicyclic amines) is 1. The van der Waals surface area contributed by atoms with Crippen molar-refractivity contribution in [2.24, 2.45) is 0 Å². The van der Waals surface area contributed by atoms with Gasteiger partial charge < -0.3 is 10.0 Å². The third-order valence-corrected chi connectivity index (χ3v) is 5.41. The molecule has 8 nitrogen and oxygen atoms in total. The second kappa shape index (κ2) is 7.90. The van der Waals surface area contributed by atoms with Gasteiger partial charge in [0.25, 0.3) is 5.91 Å². The van der Waals surface area contributed by atoms with Crippen molar-refractivity contribution in [3.63, 3.8) is 0 Å². The van der Waals surface area contributed by atoms with Crippen LogP contribution < -0.4 is 0 Å². The van der Waals surface area contributed by atoms with Crippen LogP contribution in [0.1, 0.15) is 52.2 Å². The third kappa shape index (κ3) is 3.65. The van der Waals surface area contributed by atoms with Crippen LogP contribution in [0.2, 0.25) is 0 Å². The van der Waals surface area contributed by atoms with Crippen LogP contribution in [-0.2, 0) is 6.42 Å². The molecule has 3 heterocycles. The molecule has 1 N–H and O–H groups in total. The Balaban J connectivity index is 1.47. The summed E-state index contributed by atoms with van der Waals surface area (Å²) in [6, 6.07) is 9.91. The normalized spacial score (nSPS) is 14.9. The quantitative estimate of drug-likeness (QED) is 0.719. The van der Waals surface area contributed by atoms with Crippen LogP contribution >= 0.6 is 0 Å². The summed E-state index contributed by atoms with van der Waals surface area (Å²) in [7, 11) is 0. The Labute approximate surface area is 168 Å². The summed E-state index contributed by atoms with van der Waals surface area (Å²) < 4.78 is 3.54. The Morgan fingerprint density at radius 3 is 2.45 bits per heavy atom. The highest BCUT2D eigenvalue weighted by Gasteiger charge is 2.28. The minimum Gasteiger partial charge on any atom is -0.478 e. The van der Waals surface area contributed by atoms with Crippen LogP contribution in [0.4, 0.5) is 0 Å². The Kier molecular flexibility index (Phi) is 5.16. The number of hydrogen-bond donors (Lipinski definition) is 1. The van der Waals surface area contributed by atoms with Crippen molar-refractivity contribution in [2.45, 2.75) is 32.2 Å². The highest BCUT2D eigenvalue weighted by Crippen LogP contribution is 2.25. The number of hydrogen-bond acceptors (Lipinski definition) is 4. The molecule has 0 saturated carbocycles. The van der Waals surface area contributed by atoms with E-state index in [1.165, 1.54) is 6.20 Å². The summed E-state index contributed by atoms with van der Waals surface area (Å²) in [5.41, 5.74) is 2.67. The number of piperidine rings is 1. The number of aromatic carboxylic acids is 1. The molecule has 0 bridgehead atoms. The average Bonchev–Trinajstić information content (AvgIpc) is 3.41. The first-order valence-electron chi connectivity index (χ1n) is 9.77. The zero-order chi connectivity index (χ0) is 20.4. The van der Waals surface area contributed by atoms with Crippen molar-refractivity contribution < 1.29 is 14.7 Å². The van der Waals surface area contributed by atoms with Crippen molar-refractivity contribution in [3.05, 3.63) is 65.7 Å². The molecule has 1 aliphatic heterocycles. The maximum absolute atomic E-state index is 13.1. The van der Waals surface area contributed by atoms with Gasteiger partial charge >= 0.3 is 5.97 Å². The molecule has 0 atom stereocenters. The Morgan fingerprint density at radius 2 is 1.83 bits per heavy atom. The fourth-order valence-electron chi connectivity index (χ4n) is 3.84. The van der Waals surface area contributed by atoms with Crippen molar-refractivity contribution >= 4 is 11.9 Å². The molecule has 29 heavy (non-hydrogen) atoms. The predicted molar refractivity (Wildman–Crippen MR) is 106 cm³/mol. The standard InChI is InChI=1S/C21H23N5O3/c1-2-19-18(13-23-26(19)17-6-4-3-5-7-17)20(27)24-10-8-16(9-11-24)25-14-15(12-22-25)21(28)29/h3-7,12-14,16H,2,8-11H2,1H3,(H,28,29). The Bertz CT molecular complexity index is 1020. The number of nitrogens with zero attached hydrogens (tertiary/aromatic N) is 5. The van der Waals surface area contributed by atoms with E-state index in [0.29, 0.717) is 25.1 Å². The van der Waals surface area contributed by atoms with Crippen molar-refractivity contribution in [2.75, 3.05) is 13.1 Å². The van der Waals surface area contributed by atoms with E-state index < -0.39 is 5.97 Å². The summed E-state index contributed by atoms with van der Waals surface area (Å²) in [6.07, 6.45) is 6.76. The van der Waals surface area contributed by atoms with Crippen LogP contribution in [-0.4, -0.2) is 54.5 Å². The number of carbonyl (C=O) groups excluding carboxylic acids is 1. The van der Waals surface area contributed by atoms with E-state index in [2.05, 4.69) is 10.2 Å². The Morgan fingerprint density at radius 1 is 1.10 bits per heavy atom. The Hall–Kier alpha value is -3.42. The first-order valence-corrected chi connectivity index (χ1v) is 9.77. The van der Waals surface area contributed by atoms with Crippen LogP contribution in [0.25, 0.3) is 5.69 Å². The minimum absolute atomic E-state index is 0.00540. The lowest BCUT2D eigenvalue weighted by atomic mass is 10.0. The monoisotopic (exact) mass is 393 g/mol. The molecule has 1 amide bonds. The minimum atomic E-state index is -0.980. The average molecular weight is 393 g/mol. The van der Waals surface area contributed by atoms with Crippen LogP contribution in [0.5, 0.6) is 0 Å². The number of rotatable bonds is 5. The van der Waals surface area contributed by atoms with E-state index in [-0.39, 0.29) is 17.5 Å². The zero-order valence-corrected chi connectivity index (χ0v) is 16.2. The van der Waals surface area contributed by atoms with Gasteiger partial charge in [0.1, 0.15) is 0 Å². The SMILES string of the molecule is CCc1c(C(=O)N2CCC(n3cc(C(=O)O)cn3)CC2)cnn1-c1ccccc1. The van der Waals surface area contributed by atoms with Crippen LogP contribution in [0, 0.1) is 0 Å². The summed E-state index contributed by atoms with van der Waals surface area (Å²) in [4.78, 5) is 26.0. The molecule has 1 aliphatic rings. The highest BCUT2D eigenvalue weighted by atomic mass is 16.4. The molecule has 0 unspecified atom stereocenters. The summed E-state index contributed by atoms with van der Waals surface area (Å²) in [5.74, 6) is -0.986. The molecule has 150 valence electrons. The molecule has 1 saturated heterocycles. The largest absolute Gasteiger partial charge is 0.478 e. The molecular formula is C21H23N5O3. The van der Waals surface area contributed by atoms with Gasteiger partial charge in [-0.15, -0.1) is 0 Å². The molecule has 0 spiro atoms. The van der Waals surface area contributed by atoms with Crippen molar-refractivity contribution in [1.29, 1.82) is 0 Å². The number of para-hydroxylation sites is 1. The molecule has 4 rings (SSSR count). The van der Waals surface area contributed by atoms with Gasteiger partial charge in [-0.2, -0.15) is 10.2 Å². The number of carboxylic acid groups (broad SMARTS) is 1. The van der Waals surface area contributed by atoms with Gasteiger partial charge in [-0.25, -0.2) is 9.48 Å². The summed E-state index contributed by atoms with van der Waals surface area (Å²) in [5, 5.41) is 17.7. The van der Waals surface area contributed by atoms with Gasteiger partial charge in [-0.3, -0.25) is 9.48 Å². The number of benzene rings is 1. The molecule has 2 aromatic heterocycles. The van der Waals surface area contributed by atoms with Gasteiger partial charge in [0.05, 0.1) is 40.9 Å². The van der Waals surface area contributed by atoms with Crippen molar-refractivity contribution in [1.82, 2.24) is 24.5 Å². The van der Waals surface area contributed by atoms with E-state index in [1.807, 2.05) is 46.8 Å². The first kappa shape index (κ1) is 18.9. The number of carbonyl (C=O) groups is 2. The molecule has 1 fully saturated rings. The molecule has 8 heteroatoms. The van der Waals surface area contributed by atoms with Gasteiger partial charge in [0.15, 0.2) is 0 Å². The van der Waals surface area contributed by atoms with Crippen molar-refractivity contribution in [3.8, 4) is 5.69 Å². The van der Waals surface area contributed by atoms with Gasteiger partial charge in [-0.05, 0) is 31.4 Å². The molecule has 0 aliphatic carbocycles. The second-order valence-electron chi connectivity index (χ2n) is 7.14. The van der Waals surface area contributed by atoms with Crippen LogP contribution in [0.15, 0.2) is 48.9 Å². The first-order chi connectivity index (χ1) is 14.1. The van der Waals surface area contributed by atoms with E-state index >= 15 is 0 Å². The lowest BCUT2D eigenvalue weighted by Crippen LogP contribution is -2.39. The molecule has 0 radical (unpaired) electrons. The third-order valence-electron chi connectivity index (χ3n) is 5.41. The predicted octanol–water partition coefficient (Wildman–Crippen LogP) is 2.81. The van der Waals surface area contributed by atoms with Gasteiger partial charge in [0, 0.05) is 19.3 Å². The zero-order valence-electron chi connectivity index (χ0n) is 16.2. The summed E-state index contributed by atoms with van der Waals surface area (Å²) in [6.45, 7) is 3.23. The van der Waals surface area contributed by atoms with E-state index in [1.54, 1.807) is 17.1 Å². The molecular weight excluding hydrogens is 370 g/mol. The maximum atomic E-state index is 13.1. The number of amides is 1. The fourth-order valence-corrected chi connectivity index (χ4v) is 3.84. The fraction of sp³-hybridized carbons (Fsp3) is 0.333. The lowest BCUT2D eigenvalue weighted by Gasteiger charge is -2.32. The number of aromatic nitrogens is 4. The molecule has 3 aromatic rings. The van der Waals surface area contributed by atoms with E-state index in [0.717, 1.165) is 24.2 Å². The van der Waals surface area contributed by atoms with E-state index in [4.69, 9.17) is 5.11 Å². The highest BCUT2D eigenvalue weighted by molar-refractivity contribution is 5.95. The van der Waals surface area contributed by atoms with Gasteiger partial charge in [-0.1, -0.05) is 25.1 Å². The van der Waals surface area contributed by atoms with Gasteiger partial charge in [0.2, 0.25) is 0 Å². The van der Waals surface area contributed by atoms with Crippen LogP contribution in [0.3, 0.4) is 0 Å². The van der Waals surface area contributed by atoms with E-state index in [9.17, 15) is 9.59 Å².